The average Bonchev–Trinajstić information content (AvgIpc) is 2.68. The first kappa shape index (κ1) is 11.6. The number of carbonyl (C=O) groups excluding carboxylic acids is 1. The van der Waals surface area contributed by atoms with Gasteiger partial charge < -0.3 is 4.42 Å². The molecule has 16 heavy (non-hydrogen) atoms. The first-order chi connectivity index (χ1) is 7.68. The van der Waals surface area contributed by atoms with Gasteiger partial charge in [-0.2, -0.15) is 0 Å². The van der Waals surface area contributed by atoms with Crippen LogP contribution in [0.4, 0.5) is 0 Å². The molecule has 0 fully saturated rings. The van der Waals surface area contributed by atoms with Gasteiger partial charge in [-0.3, -0.25) is 4.79 Å². The topological polar surface area (TPSA) is 30.2 Å². The van der Waals surface area contributed by atoms with Crippen LogP contribution in [0.5, 0.6) is 0 Å². The van der Waals surface area contributed by atoms with E-state index in [1.54, 1.807) is 6.07 Å². The zero-order valence-corrected chi connectivity index (χ0v) is 11.4. The molecule has 1 aromatic heterocycles. The summed E-state index contributed by atoms with van der Waals surface area (Å²) in [6.07, 6.45) is 1.82. The summed E-state index contributed by atoms with van der Waals surface area (Å²) in [7, 11) is 0. The second-order valence-electron chi connectivity index (χ2n) is 3.29. The van der Waals surface area contributed by atoms with Gasteiger partial charge in [0.25, 0.3) is 0 Å². The number of Topliss-reactive ketones (excluding diaryl/α,β-unsaturated/α-hetero) is 1. The second kappa shape index (κ2) is 4.97. The minimum absolute atomic E-state index is 0.0382. The molecule has 0 bridgehead atoms. The number of hydrogen-bond acceptors (Lipinski definition) is 2. The molecule has 0 aliphatic rings. The van der Waals surface area contributed by atoms with Crippen LogP contribution in [0.25, 0.3) is 0 Å². The fourth-order valence-corrected chi connectivity index (χ4v) is 2.24. The van der Waals surface area contributed by atoms with Crippen LogP contribution >= 0.6 is 31.9 Å². The molecule has 1 aromatic carbocycles. The highest BCUT2D eigenvalue weighted by atomic mass is 79.9. The van der Waals surface area contributed by atoms with Crippen LogP contribution in [-0.4, -0.2) is 5.78 Å². The van der Waals surface area contributed by atoms with Gasteiger partial charge in [-0.15, -0.1) is 0 Å². The lowest BCUT2D eigenvalue weighted by molar-refractivity contribution is 0.0965. The molecule has 82 valence electrons. The quantitative estimate of drug-likeness (QED) is 0.780. The molecule has 0 aliphatic carbocycles. The van der Waals surface area contributed by atoms with Gasteiger partial charge in [0.1, 0.15) is 0 Å². The SMILES string of the molecule is O=C(Cc1ccccc1Br)c1occc1Br. The summed E-state index contributed by atoms with van der Waals surface area (Å²) in [5, 5.41) is 0. The molecule has 0 saturated carbocycles. The Hall–Kier alpha value is -0.870. The van der Waals surface area contributed by atoms with Crippen LogP contribution in [0, 0.1) is 0 Å². The zero-order valence-electron chi connectivity index (χ0n) is 8.24. The summed E-state index contributed by atoms with van der Waals surface area (Å²) in [6.45, 7) is 0. The van der Waals surface area contributed by atoms with Crippen LogP contribution in [0.3, 0.4) is 0 Å². The molecule has 0 atom stereocenters. The molecular formula is C12H8Br2O2. The van der Waals surface area contributed by atoms with Crippen molar-refractivity contribution in [3.8, 4) is 0 Å². The van der Waals surface area contributed by atoms with Crippen molar-refractivity contribution in [1.82, 2.24) is 0 Å². The van der Waals surface area contributed by atoms with Gasteiger partial charge in [-0.1, -0.05) is 34.1 Å². The highest BCUT2D eigenvalue weighted by Crippen LogP contribution is 2.22. The van der Waals surface area contributed by atoms with Crippen LogP contribution in [-0.2, 0) is 6.42 Å². The summed E-state index contributed by atoms with van der Waals surface area (Å²) >= 11 is 6.68. The molecule has 0 amide bonds. The van der Waals surface area contributed by atoms with Crippen molar-refractivity contribution in [2.24, 2.45) is 0 Å². The van der Waals surface area contributed by atoms with E-state index in [0.717, 1.165) is 10.0 Å². The molecule has 0 spiro atoms. The summed E-state index contributed by atoms with van der Waals surface area (Å²) < 4.78 is 6.76. The van der Waals surface area contributed by atoms with E-state index in [0.29, 0.717) is 16.7 Å². The number of rotatable bonds is 3. The van der Waals surface area contributed by atoms with E-state index in [1.165, 1.54) is 6.26 Å². The summed E-state index contributed by atoms with van der Waals surface area (Å²) in [6, 6.07) is 9.37. The van der Waals surface area contributed by atoms with Crippen LogP contribution < -0.4 is 0 Å². The minimum Gasteiger partial charge on any atom is -0.460 e. The Morgan fingerprint density at radius 3 is 2.50 bits per heavy atom. The summed E-state index contributed by atoms with van der Waals surface area (Å²) in [5.41, 5.74) is 0.954. The van der Waals surface area contributed by atoms with Gasteiger partial charge in [0.2, 0.25) is 5.78 Å². The van der Waals surface area contributed by atoms with E-state index >= 15 is 0 Å². The molecule has 2 nitrogen and oxygen atoms in total. The number of ketones is 1. The average molecular weight is 344 g/mol. The first-order valence-corrected chi connectivity index (χ1v) is 6.26. The lowest BCUT2D eigenvalue weighted by atomic mass is 10.1. The Labute approximate surface area is 110 Å². The van der Waals surface area contributed by atoms with E-state index in [-0.39, 0.29) is 5.78 Å². The van der Waals surface area contributed by atoms with Crippen molar-refractivity contribution in [2.45, 2.75) is 6.42 Å². The zero-order chi connectivity index (χ0) is 11.5. The third kappa shape index (κ3) is 2.44. The molecule has 0 aliphatic heterocycles. The molecule has 4 heteroatoms. The molecule has 0 radical (unpaired) electrons. The Kier molecular flexibility index (Phi) is 3.61. The Balaban J connectivity index is 2.21. The molecular weight excluding hydrogens is 336 g/mol. The number of hydrogen-bond donors (Lipinski definition) is 0. The number of halogens is 2. The maximum Gasteiger partial charge on any atom is 0.203 e. The van der Waals surface area contributed by atoms with Gasteiger partial charge in [0.15, 0.2) is 5.76 Å². The maximum absolute atomic E-state index is 11.9. The highest BCUT2D eigenvalue weighted by molar-refractivity contribution is 9.10. The van der Waals surface area contributed by atoms with Gasteiger partial charge in [-0.05, 0) is 33.6 Å². The first-order valence-electron chi connectivity index (χ1n) is 4.68. The van der Waals surface area contributed by atoms with E-state index in [2.05, 4.69) is 31.9 Å². The lowest BCUT2D eigenvalue weighted by Crippen LogP contribution is -2.03. The van der Waals surface area contributed by atoms with Crippen LogP contribution in [0.2, 0.25) is 0 Å². The number of furan rings is 1. The van der Waals surface area contributed by atoms with E-state index in [1.807, 2.05) is 24.3 Å². The smallest absolute Gasteiger partial charge is 0.203 e. The molecule has 1 heterocycles. The summed E-state index contributed by atoms with van der Waals surface area (Å²) in [4.78, 5) is 11.9. The van der Waals surface area contributed by atoms with E-state index < -0.39 is 0 Å². The minimum atomic E-state index is -0.0382. The van der Waals surface area contributed by atoms with Crippen molar-refractivity contribution in [1.29, 1.82) is 0 Å². The van der Waals surface area contributed by atoms with Crippen molar-refractivity contribution < 1.29 is 9.21 Å². The largest absolute Gasteiger partial charge is 0.460 e. The van der Waals surface area contributed by atoms with Crippen molar-refractivity contribution >= 4 is 37.6 Å². The fourth-order valence-electron chi connectivity index (χ4n) is 1.39. The van der Waals surface area contributed by atoms with Gasteiger partial charge in [0, 0.05) is 10.9 Å². The van der Waals surface area contributed by atoms with Crippen LogP contribution in [0.1, 0.15) is 16.1 Å². The second-order valence-corrected chi connectivity index (χ2v) is 5.00. The highest BCUT2D eigenvalue weighted by Gasteiger charge is 2.15. The van der Waals surface area contributed by atoms with E-state index in [9.17, 15) is 4.79 Å². The lowest BCUT2D eigenvalue weighted by Gasteiger charge is -2.02. The van der Waals surface area contributed by atoms with Crippen molar-refractivity contribution in [2.75, 3.05) is 0 Å². The standard InChI is InChI=1S/C12H8Br2O2/c13-9-4-2-1-3-8(9)7-11(15)12-10(14)5-6-16-12/h1-6H,7H2. The normalized spacial score (nSPS) is 10.4. The molecule has 0 N–H and O–H groups in total. The molecule has 2 rings (SSSR count). The predicted molar refractivity (Wildman–Crippen MR) is 68.6 cm³/mol. The van der Waals surface area contributed by atoms with Gasteiger partial charge >= 0.3 is 0 Å². The Morgan fingerprint density at radius 2 is 1.88 bits per heavy atom. The predicted octanol–water partition coefficient (Wildman–Crippen LogP) is 4.23. The number of benzene rings is 1. The number of carbonyl (C=O) groups is 1. The van der Waals surface area contributed by atoms with E-state index in [4.69, 9.17) is 4.42 Å². The Bertz CT molecular complexity index is 517. The van der Waals surface area contributed by atoms with Gasteiger partial charge in [-0.25, -0.2) is 0 Å². The monoisotopic (exact) mass is 342 g/mol. The molecule has 0 saturated heterocycles. The molecule has 0 unspecified atom stereocenters. The Morgan fingerprint density at radius 1 is 1.12 bits per heavy atom. The van der Waals surface area contributed by atoms with Crippen LogP contribution in [0.15, 0.2) is 50.0 Å². The third-order valence-electron chi connectivity index (χ3n) is 2.18. The van der Waals surface area contributed by atoms with Gasteiger partial charge in [0.05, 0.1) is 10.7 Å². The van der Waals surface area contributed by atoms with Crippen molar-refractivity contribution in [3.63, 3.8) is 0 Å². The maximum atomic E-state index is 11.9. The van der Waals surface area contributed by atoms with Crippen molar-refractivity contribution in [3.05, 3.63) is 56.9 Å². The summed E-state index contributed by atoms with van der Waals surface area (Å²) in [5.74, 6) is 0.333. The molecule has 2 aromatic rings. The third-order valence-corrected chi connectivity index (χ3v) is 3.58. The fraction of sp³-hybridized carbons (Fsp3) is 0.0833.